The summed E-state index contributed by atoms with van der Waals surface area (Å²) in [5.41, 5.74) is -0.520. The van der Waals surface area contributed by atoms with Crippen LogP contribution in [0.3, 0.4) is 0 Å². The number of rotatable bonds is 7. The molecule has 0 spiro atoms. The van der Waals surface area contributed by atoms with Crippen molar-refractivity contribution in [2.45, 2.75) is 52.5 Å². The van der Waals surface area contributed by atoms with Gasteiger partial charge in [-0.25, -0.2) is 0 Å². The number of carbonyl (C=O) groups is 1. The normalized spacial score (nSPS) is 12.0. The van der Waals surface area contributed by atoms with E-state index in [1.807, 2.05) is 27.7 Å². The number of alkyl halides is 3. The molecular formula is C21H25F3N4O. The molecule has 0 aliphatic rings. The minimum Gasteiger partial charge on any atom is -0.348 e. The van der Waals surface area contributed by atoms with Gasteiger partial charge < -0.3 is 5.32 Å². The van der Waals surface area contributed by atoms with Gasteiger partial charge in [-0.15, -0.1) is 5.11 Å². The van der Waals surface area contributed by atoms with Gasteiger partial charge in [0.1, 0.15) is 5.69 Å². The highest BCUT2D eigenvalue weighted by Gasteiger charge is 2.34. The quantitative estimate of drug-likeness (QED) is 0.470. The van der Waals surface area contributed by atoms with Crippen molar-refractivity contribution in [2.24, 2.45) is 10.3 Å². The summed E-state index contributed by atoms with van der Waals surface area (Å²) in [5.74, 6) is -0.378. The van der Waals surface area contributed by atoms with Gasteiger partial charge >= 0.3 is 6.18 Å². The molecule has 5 nitrogen and oxygen atoms in total. The number of hydrogen-bond donors (Lipinski definition) is 1. The molecule has 1 amide bonds. The molecule has 29 heavy (non-hydrogen) atoms. The largest absolute Gasteiger partial charge is 0.418 e. The standard InChI is InChI=1S/C21H25F3N4O/c1-14(2)28(15(3)4)27-26-19-17(11-8-12-18(19)21(22,23)24)13-25-20(29)16-9-6-5-7-10-16/h5-12,14-15H,13H2,1-4H3,(H,25,29). The van der Waals surface area contributed by atoms with Crippen molar-refractivity contribution in [3.05, 3.63) is 65.2 Å². The van der Waals surface area contributed by atoms with E-state index in [1.54, 1.807) is 35.3 Å². The number of nitrogens with one attached hydrogen (secondary N) is 1. The summed E-state index contributed by atoms with van der Waals surface area (Å²) in [6, 6.07) is 12.2. The van der Waals surface area contributed by atoms with Crippen LogP contribution in [0.15, 0.2) is 58.9 Å². The monoisotopic (exact) mass is 406 g/mol. The van der Waals surface area contributed by atoms with Crippen molar-refractivity contribution in [1.82, 2.24) is 10.3 Å². The molecule has 0 unspecified atom stereocenters. The Kier molecular flexibility index (Phi) is 7.36. The van der Waals surface area contributed by atoms with Crippen LogP contribution < -0.4 is 5.32 Å². The highest BCUT2D eigenvalue weighted by atomic mass is 19.4. The Morgan fingerprint density at radius 2 is 1.62 bits per heavy atom. The third kappa shape index (κ3) is 6.04. The summed E-state index contributed by atoms with van der Waals surface area (Å²) < 4.78 is 40.6. The highest BCUT2D eigenvalue weighted by Crippen LogP contribution is 2.38. The first-order valence-corrected chi connectivity index (χ1v) is 9.33. The van der Waals surface area contributed by atoms with Crippen LogP contribution in [-0.4, -0.2) is 23.0 Å². The minimum atomic E-state index is -4.59. The molecule has 0 aromatic heterocycles. The maximum Gasteiger partial charge on any atom is 0.418 e. The lowest BCUT2D eigenvalue weighted by Crippen LogP contribution is -2.31. The third-order valence-electron chi connectivity index (χ3n) is 4.21. The average Bonchev–Trinajstić information content (AvgIpc) is 2.66. The lowest BCUT2D eigenvalue weighted by molar-refractivity contribution is -0.137. The topological polar surface area (TPSA) is 57.1 Å². The molecule has 0 radical (unpaired) electrons. The average molecular weight is 406 g/mol. The summed E-state index contributed by atoms with van der Waals surface area (Å²) in [4.78, 5) is 12.3. The van der Waals surface area contributed by atoms with E-state index in [9.17, 15) is 18.0 Å². The van der Waals surface area contributed by atoms with Crippen LogP contribution in [0.2, 0.25) is 0 Å². The van der Waals surface area contributed by atoms with E-state index in [2.05, 4.69) is 15.7 Å². The number of hydrogen-bond acceptors (Lipinski definition) is 3. The second-order valence-electron chi connectivity index (χ2n) is 7.12. The molecule has 0 heterocycles. The van der Waals surface area contributed by atoms with Gasteiger partial charge in [0, 0.05) is 24.2 Å². The van der Waals surface area contributed by atoms with E-state index in [0.29, 0.717) is 5.56 Å². The SMILES string of the molecule is CC(C)N(N=Nc1c(CNC(=O)c2ccccc2)cccc1C(F)(F)F)C(C)C. The Hall–Kier alpha value is -2.90. The molecule has 2 aromatic carbocycles. The van der Waals surface area contributed by atoms with Crippen LogP contribution >= 0.6 is 0 Å². The van der Waals surface area contributed by atoms with E-state index in [1.165, 1.54) is 12.1 Å². The lowest BCUT2D eigenvalue weighted by atomic mass is 10.1. The Morgan fingerprint density at radius 3 is 2.17 bits per heavy atom. The zero-order chi connectivity index (χ0) is 21.6. The van der Waals surface area contributed by atoms with Gasteiger partial charge in [-0.1, -0.05) is 35.6 Å². The molecule has 2 rings (SSSR count). The minimum absolute atomic E-state index is 0.0296. The van der Waals surface area contributed by atoms with Crippen LogP contribution in [-0.2, 0) is 12.7 Å². The van der Waals surface area contributed by atoms with Crippen molar-refractivity contribution in [2.75, 3.05) is 0 Å². The number of nitrogens with zero attached hydrogens (tertiary/aromatic N) is 3. The van der Waals surface area contributed by atoms with Gasteiger partial charge in [0.05, 0.1) is 5.56 Å². The van der Waals surface area contributed by atoms with Gasteiger partial charge in [-0.05, 0) is 51.5 Å². The molecular weight excluding hydrogens is 381 g/mol. The van der Waals surface area contributed by atoms with Crippen molar-refractivity contribution < 1.29 is 18.0 Å². The van der Waals surface area contributed by atoms with E-state index in [-0.39, 0.29) is 35.8 Å². The summed E-state index contributed by atoms with van der Waals surface area (Å²) in [7, 11) is 0. The van der Waals surface area contributed by atoms with Gasteiger partial charge in [0.25, 0.3) is 5.91 Å². The Labute approximate surface area is 168 Å². The summed E-state index contributed by atoms with van der Waals surface area (Å²) in [6.45, 7) is 7.44. The number of halogens is 3. The summed E-state index contributed by atoms with van der Waals surface area (Å²) in [6.07, 6.45) is -4.59. The molecule has 0 bridgehead atoms. The Morgan fingerprint density at radius 1 is 1.00 bits per heavy atom. The van der Waals surface area contributed by atoms with Crippen LogP contribution in [0.1, 0.15) is 49.2 Å². The first-order valence-electron chi connectivity index (χ1n) is 9.33. The smallest absolute Gasteiger partial charge is 0.348 e. The van der Waals surface area contributed by atoms with Gasteiger partial charge in [-0.3, -0.25) is 9.80 Å². The van der Waals surface area contributed by atoms with Gasteiger partial charge in [-0.2, -0.15) is 13.2 Å². The predicted molar refractivity (Wildman–Crippen MR) is 106 cm³/mol. The Balaban J connectivity index is 2.35. The van der Waals surface area contributed by atoms with Crippen LogP contribution in [0, 0.1) is 0 Å². The fourth-order valence-electron chi connectivity index (χ4n) is 2.85. The van der Waals surface area contributed by atoms with Gasteiger partial charge in [0.15, 0.2) is 0 Å². The molecule has 0 atom stereocenters. The molecule has 2 aromatic rings. The van der Waals surface area contributed by atoms with E-state index in [0.717, 1.165) is 6.07 Å². The third-order valence-corrected chi connectivity index (χ3v) is 4.21. The second-order valence-corrected chi connectivity index (χ2v) is 7.12. The van der Waals surface area contributed by atoms with Crippen LogP contribution in [0.5, 0.6) is 0 Å². The van der Waals surface area contributed by atoms with Gasteiger partial charge in [0.2, 0.25) is 0 Å². The zero-order valence-electron chi connectivity index (χ0n) is 16.9. The fourth-order valence-corrected chi connectivity index (χ4v) is 2.85. The molecule has 0 saturated heterocycles. The van der Waals surface area contributed by atoms with E-state index in [4.69, 9.17) is 0 Å². The first-order chi connectivity index (χ1) is 13.6. The Bertz CT molecular complexity index is 841. The van der Waals surface area contributed by atoms with Crippen molar-refractivity contribution >= 4 is 11.6 Å². The zero-order valence-corrected chi connectivity index (χ0v) is 16.9. The molecule has 0 aliphatic carbocycles. The molecule has 156 valence electrons. The molecule has 0 aliphatic heterocycles. The van der Waals surface area contributed by atoms with Crippen molar-refractivity contribution in [1.29, 1.82) is 0 Å². The lowest BCUT2D eigenvalue weighted by Gasteiger charge is -2.26. The molecule has 0 saturated carbocycles. The maximum atomic E-state index is 13.5. The summed E-state index contributed by atoms with van der Waals surface area (Å²) in [5, 5.41) is 12.3. The molecule has 8 heteroatoms. The van der Waals surface area contributed by atoms with Crippen molar-refractivity contribution in [3.8, 4) is 0 Å². The predicted octanol–water partition coefficient (Wildman–Crippen LogP) is 5.75. The first kappa shape index (κ1) is 22.4. The maximum absolute atomic E-state index is 13.5. The van der Waals surface area contributed by atoms with Crippen LogP contribution in [0.4, 0.5) is 18.9 Å². The van der Waals surface area contributed by atoms with Crippen molar-refractivity contribution in [3.63, 3.8) is 0 Å². The second kappa shape index (κ2) is 9.54. The number of benzene rings is 2. The molecule has 1 N–H and O–H groups in total. The fraction of sp³-hybridized carbons (Fsp3) is 0.381. The van der Waals surface area contributed by atoms with E-state index >= 15 is 0 Å². The highest BCUT2D eigenvalue weighted by molar-refractivity contribution is 5.94. The molecule has 0 fully saturated rings. The van der Waals surface area contributed by atoms with Crippen LogP contribution in [0.25, 0.3) is 0 Å². The summed E-state index contributed by atoms with van der Waals surface area (Å²) >= 11 is 0. The number of amides is 1. The van der Waals surface area contributed by atoms with E-state index < -0.39 is 11.7 Å². The number of carbonyl (C=O) groups excluding carboxylic acids is 1.